The predicted molar refractivity (Wildman–Crippen MR) is 78.4 cm³/mol. The molecule has 0 aliphatic heterocycles. The normalized spacial score (nSPS) is 14.8. The molecule has 0 spiro atoms. The van der Waals surface area contributed by atoms with Crippen molar-refractivity contribution in [2.24, 2.45) is 10.9 Å². The van der Waals surface area contributed by atoms with Crippen LogP contribution in [0.3, 0.4) is 0 Å². The molecule has 0 aliphatic rings. The van der Waals surface area contributed by atoms with Crippen molar-refractivity contribution >= 4 is 17.4 Å². The molecule has 0 atom stereocenters. The van der Waals surface area contributed by atoms with E-state index in [1.165, 1.54) is 0 Å². The van der Waals surface area contributed by atoms with E-state index in [2.05, 4.69) is 17.2 Å². The van der Waals surface area contributed by atoms with Gasteiger partial charge >= 0.3 is 24.7 Å². The van der Waals surface area contributed by atoms with Crippen LogP contribution in [0.1, 0.15) is 32.1 Å². The SMILES string of the molecule is FC(F)(F)C(F)(CC(CCCCN=C=S)CC(F)(C(F)(F)F)C(F)(F)F)C(F)(F)F. The van der Waals surface area contributed by atoms with Gasteiger partial charge in [-0.25, -0.2) is 13.8 Å². The summed E-state index contributed by atoms with van der Waals surface area (Å²) in [5, 5.41) is 1.81. The summed E-state index contributed by atoms with van der Waals surface area (Å²) in [6.07, 6.45) is -34.7. The first-order chi connectivity index (χ1) is 13.1. The van der Waals surface area contributed by atoms with Gasteiger partial charge in [-0.2, -0.15) is 52.7 Å². The summed E-state index contributed by atoms with van der Waals surface area (Å²) in [6.45, 7) is -0.255. The van der Waals surface area contributed by atoms with E-state index in [9.17, 15) is 61.5 Å². The maximum Gasteiger partial charge on any atom is 0.431 e. The van der Waals surface area contributed by atoms with Crippen LogP contribution >= 0.6 is 12.2 Å². The molecule has 0 saturated carbocycles. The molecule has 30 heavy (non-hydrogen) atoms. The van der Waals surface area contributed by atoms with Crippen molar-refractivity contribution < 1.29 is 61.5 Å². The molecule has 1 nitrogen and oxygen atoms in total. The summed E-state index contributed by atoms with van der Waals surface area (Å²) in [7, 11) is 0. The summed E-state index contributed by atoms with van der Waals surface area (Å²) in [4.78, 5) is 3.27. The fourth-order valence-electron chi connectivity index (χ4n) is 2.53. The smallest absolute Gasteiger partial charge is 0.233 e. The third-order valence-electron chi connectivity index (χ3n) is 4.13. The fourth-order valence-corrected chi connectivity index (χ4v) is 2.62. The second-order valence-electron chi connectivity index (χ2n) is 6.34. The van der Waals surface area contributed by atoms with Crippen molar-refractivity contribution in [3.8, 4) is 0 Å². The van der Waals surface area contributed by atoms with Gasteiger partial charge in [-0.1, -0.05) is 12.8 Å². The Balaban J connectivity index is 6.06. The molecule has 0 aromatic carbocycles. The quantitative estimate of drug-likeness (QED) is 0.142. The van der Waals surface area contributed by atoms with Crippen molar-refractivity contribution in [1.29, 1.82) is 0 Å². The predicted octanol–water partition coefficient (Wildman–Crippen LogP) is 7.32. The molecular formula is C14H13F14NS. The second-order valence-corrected chi connectivity index (χ2v) is 6.52. The zero-order valence-corrected chi connectivity index (χ0v) is 15.3. The molecule has 0 aliphatic carbocycles. The fraction of sp³-hybridized carbons (Fsp3) is 0.929. The van der Waals surface area contributed by atoms with E-state index in [0.717, 1.165) is 0 Å². The Hall–Kier alpha value is -1.18. The Morgan fingerprint density at radius 3 is 1.20 bits per heavy atom. The first-order valence-corrected chi connectivity index (χ1v) is 8.23. The maximum atomic E-state index is 13.9. The number of hydrogen-bond donors (Lipinski definition) is 0. The van der Waals surface area contributed by atoms with Crippen molar-refractivity contribution in [2.45, 2.75) is 68.1 Å². The molecule has 0 aromatic rings. The summed E-state index contributed by atoms with van der Waals surface area (Å²) >= 11 is 4.14. The van der Waals surface area contributed by atoms with Crippen LogP contribution in [0, 0.1) is 5.92 Å². The van der Waals surface area contributed by atoms with Gasteiger partial charge in [0.25, 0.3) is 11.3 Å². The van der Waals surface area contributed by atoms with Crippen molar-refractivity contribution in [2.75, 3.05) is 6.54 Å². The minimum absolute atomic E-state index is 0.255. The largest absolute Gasteiger partial charge is 0.431 e. The van der Waals surface area contributed by atoms with Crippen LogP contribution in [-0.2, 0) is 0 Å². The number of aliphatic imine (C=N–C) groups is 1. The van der Waals surface area contributed by atoms with Gasteiger partial charge < -0.3 is 0 Å². The number of halogens is 14. The minimum atomic E-state index is -6.72. The standard InChI is InChI=1S/C14H13F14NS/c15-9(11(17,18)19,12(20,21)22)5-8(3-1-2-4-29-7-30)6-10(16,13(23,24)25)14(26,27)28/h8H,1-6H2. The lowest BCUT2D eigenvalue weighted by Crippen LogP contribution is -2.57. The zero-order valence-electron chi connectivity index (χ0n) is 14.5. The third kappa shape index (κ3) is 6.66. The van der Waals surface area contributed by atoms with E-state index in [1.807, 2.05) is 0 Å². The van der Waals surface area contributed by atoms with Gasteiger partial charge in [-0.15, -0.1) is 0 Å². The molecule has 0 heterocycles. The summed E-state index contributed by atoms with van der Waals surface area (Å²) in [5.74, 6) is -2.93. The highest BCUT2D eigenvalue weighted by molar-refractivity contribution is 7.78. The van der Waals surface area contributed by atoms with Crippen LogP contribution in [0.5, 0.6) is 0 Å². The molecule has 0 fully saturated rings. The van der Waals surface area contributed by atoms with Gasteiger partial charge in [0.05, 0.1) is 5.16 Å². The highest BCUT2D eigenvalue weighted by Crippen LogP contribution is 2.55. The van der Waals surface area contributed by atoms with Gasteiger partial charge in [0.1, 0.15) is 0 Å². The molecule has 16 heteroatoms. The maximum absolute atomic E-state index is 13.9. The first kappa shape index (κ1) is 28.8. The number of thiocarbonyl (C=S) groups is 1. The van der Waals surface area contributed by atoms with Crippen LogP contribution in [0.15, 0.2) is 4.99 Å². The molecule has 0 N–H and O–H groups in total. The number of alkyl halides is 14. The van der Waals surface area contributed by atoms with E-state index in [-0.39, 0.29) is 13.0 Å². The lowest BCUT2D eigenvalue weighted by molar-refractivity contribution is -0.356. The highest BCUT2D eigenvalue weighted by Gasteiger charge is 2.75. The van der Waals surface area contributed by atoms with Crippen LogP contribution in [-0.4, -0.2) is 47.7 Å². The zero-order chi connectivity index (χ0) is 24.2. The summed E-state index contributed by atoms with van der Waals surface area (Å²) in [5.41, 5.74) is -12.3. The average molecular weight is 493 g/mol. The Morgan fingerprint density at radius 1 is 0.600 bits per heavy atom. The number of isothiocyanates is 1. The van der Waals surface area contributed by atoms with Gasteiger partial charge in [0, 0.05) is 19.4 Å². The van der Waals surface area contributed by atoms with Crippen molar-refractivity contribution in [3.05, 3.63) is 0 Å². The number of rotatable bonds is 9. The highest BCUT2D eigenvalue weighted by atomic mass is 32.1. The molecule has 0 amide bonds. The lowest BCUT2D eigenvalue weighted by atomic mass is 9.80. The minimum Gasteiger partial charge on any atom is -0.233 e. The molecule has 0 radical (unpaired) electrons. The van der Waals surface area contributed by atoms with Gasteiger partial charge in [-0.05, 0) is 24.6 Å². The Bertz CT molecular complexity index is 528. The molecule has 0 bridgehead atoms. The molecule has 0 unspecified atom stereocenters. The van der Waals surface area contributed by atoms with Crippen LogP contribution in [0.25, 0.3) is 0 Å². The summed E-state index contributed by atoms with van der Waals surface area (Å²) in [6, 6.07) is 0. The topological polar surface area (TPSA) is 12.4 Å². The molecule has 178 valence electrons. The molecular weight excluding hydrogens is 480 g/mol. The van der Waals surface area contributed by atoms with Gasteiger partial charge in [0.15, 0.2) is 0 Å². The Kier molecular flexibility index (Phi) is 9.16. The molecule has 0 rings (SSSR count). The Labute approximate surface area is 165 Å². The van der Waals surface area contributed by atoms with E-state index < -0.39 is 67.6 Å². The van der Waals surface area contributed by atoms with Crippen LogP contribution < -0.4 is 0 Å². The number of hydrogen-bond acceptors (Lipinski definition) is 2. The van der Waals surface area contributed by atoms with E-state index in [1.54, 1.807) is 5.16 Å². The second kappa shape index (κ2) is 9.53. The molecule has 0 aromatic heterocycles. The number of nitrogens with zero attached hydrogens (tertiary/aromatic N) is 1. The van der Waals surface area contributed by atoms with E-state index >= 15 is 0 Å². The van der Waals surface area contributed by atoms with Crippen molar-refractivity contribution in [3.63, 3.8) is 0 Å². The average Bonchev–Trinajstić information content (AvgIpc) is 2.49. The lowest BCUT2D eigenvalue weighted by Gasteiger charge is -2.37. The van der Waals surface area contributed by atoms with Gasteiger partial charge in [0.2, 0.25) is 0 Å². The molecule has 0 saturated heterocycles. The van der Waals surface area contributed by atoms with E-state index in [0.29, 0.717) is 0 Å². The summed E-state index contributed by atoms with van der Waals surface area (Å²) < 4.78 is 180. The third-order valence-corrected chi connectivity index (χ3v) is 4.26. The first-order valence-electron chi connectivity index (χ1n) is 7.82. The number of unbranched alkanes of at least 4 members (excludes halogenated alkanes) is 1. The van der Waals surface area contributed by atoms with Gasteiger partial charge in [-0.3, -0.25) is 0 Å². The monoisotopic (exact) mass is 493 g/mol. The Morgan fingerprint density at radius 2 is 0.933 bits per heavy atom. The van der Waals surface area contributed by atoms with E-state index in [4.69, 9.17) is 0 Å². The van der Waals surface area contributed by atoms with Crippen molar-refractivity contribution in [1.82, 2.24) is 0 Å². The van der Waals surface area contributed by atoms with Crippen LogP contribution in [0.2, 0.25) is 0 Å². The van der Waals surface area contributed by atoms with Crippen LogP contribution in [0.4, 0.5) is 61.5 Å².